The minimum absolute atomic E-state index is 0.275. The zero-order valence-corrected chi connectivity index (χ0v) is 12.9. The molecule has 1 fully saturated rings. The molecule has 1 aliphatic heterocycles. The van der Waals surface area contributed by atoms with Gasteiger partial charge in [0.05, 0.1) is 4.90 Å². The van der Waals surface area contributed by atoms with Gasteiger partial charge >= 0.3 is 0 Å². The van der Waals surface area contributed by atoms with E-state index in [1.54, 1.807) is 10.4 Å². The summed E-state index contributed by atoms with van der Waals surface area (Å²) in [7, 11) is -3.45. The fourth-order valence-corrected chi connectivity index (χ4v) is 4.72. The van der Waals surface area contributed by atoms with Crippen LogP contribution in [0.4, 0.5) is 0 Å². The minimum atomic E-state index is -3.45. The molecule has 1 saturated heterocycles. The van der Waals surface area contributed by atoms with Gasteiger partial charge in [-0.25, -0.2) is 8.42 Å². The number of rotatable bonds is 3. The van der Waals surface area contributed by atoms with Crippen LogP contribution < -0.4 is 5.73 Å². The molecule has 0 spiro atoms. The third kappa shape index (κ3) is 2.46. The molecule has 0 amide bonds. The molecule has 0 aromatic heterocycles. The van der Waals surface area contributed by atoms with Crippen LogP contribution in [-0.4, -0.2) is 32.4 Å². The summed E-state index contributed by atoms with van der Waals surface area (Å²) >= 11 is 0. The van der Waals surface area contributed by atoms with Gasteiger partial charge in [-0.05, 0) is 42.8 Å². The van der Waals surface area contributed by atoms with Crippen LogP contribution in [0.1, 0.15) is 12.0 Å². The van der Waals surface area contributed by atoms with Crippen molar-refractivity contribution in [3.8, 4) is 0 Å². The van der Waals surface area contributed by atoms with Crippen molar-refractivity contribution in [3.05, 3.63) is 42.0 Å². The van der Waals surface area contributed by atoms with Gasteiger partial charge in [0.2, 0.25) is 10.0 Å². The Labute approximate surface area is 125 Å². The SMILES string of the molecule is Cc1ccc(S(=O)(=O)N2CCC(CN)C2)c2ccccc12. The molecule has 3 rings (SSSR count). The van der Waals surface area contributed by atoms with Crippen LogP contribution in [-0.2, 0) is 10.0 Å². The lowest BCUT2D eigenvalue weighted by Gasteiger charge is -2.18. The van der Waals surface area contributed by atoms with E-state index in [1.807, 2.05) is 37.3 Å². The first-order valence-corrected chi connectivity index (χ1v) is 8.66. The van der Waals surface area contributed by atoms with Crippen molar-refractivity contribution in [2.75, 3.05) is 19.6 Å². The number of aryl methyl sites for hydroxylation is 1. The van der Waals surface area contributed by atoms with Crippen molar-refractivity contribution in [2.45, 2.75) is 18.2 Å². The van der Waals surface area contributed by atoms with Gasteiger partial charge in [0.1, 0.15) is 0 Å². The summed E-state index contributed by atoms with van der Waals surface area (Å²) in [5.74, 6) is 0.275. The molecule has 112 valence electrons. The first-order chi connectivity index (χ1) is 10.0. The van der Waals surface area contributed by atoms with Gasteiger partial charge in [-0.3, -0.25) is 0 Å². The van der Waals surface area contributed by atoms with E-state index in [9.17, 15) is 8.42 Å². The molecular formula is C16H20N2O2S. The van der Waals surface area contributed by atoms with Crippen molar-refractivity contribution in [2.24, 2.45) is 11.7 Å². The standard InChI is InChI=1S/C16H20N2O2S/c1-12-6-7-16(15-5-3-2-4-14(12)15)21(19,20)18-9-8-13(10-17)11-18/h2-7,13H,8-11,17H2,1H3. The fourth-order valence-electron chi connectivity index (χ4n) is 2.99. The Kier molecular flexibility index (Phi) is 3.73. The third-order valence-corrected chi connectivity index (χ3v) is 6.23. The highest BCUT2D eigenvalue weighted by molar-refractivity contribution is 7.89. The van der Waals surface area contributed by atoms with Crippen molar-refractivity contribution in [1.29, 1.82) is 0 Å². The number of hydrogen-bond acceptors (Lipinski definition) is 3. The maximum absolute atomic E-state index is 12.9. The second kappa shape index (κ2) is 5.40. The molecule has 1 heterocycles. The summed E-state index contributed by atoms with van der Waals surface area (Å²) in [5.41, 5.74) is 6.76. The van der Waals surface area contributed by atoms with Crippen molar-refractivity contribution in [1.82, 2.24) is 4.31 Å². The van der Waals surface area contributed by atoms with Gasteiger partial charge in [0.15, 0.2) is 0 Å². The first-order valence-electron chi connectivity index (χ1n) is 7.22. The lowest BCUT2D eigenvalue weighted by atomic mass is 10.1. The molecule has 1 aliphatic rings. The summed E-state index contributed by atoms with van der Waals surface area (Å²) in [6.45, 7) is 3.63. The molecule has 0 saturated carbocycles. The molecule has 1 atom stereocenters. The van der Waals surface area contributed by atoms with E-state index in [-0.39, 0.29) is 5.92 Å². The molecule has 0 radical (unpaired) electrons. The van der Waals surface area contributed by atoms with Crippen LogP contribution in [0, 0.1) is 12.8 Å². The summed E-state index contributed by atoms with van der Waals surface area (Å²) in [6.07, 6.45) is 0.847. The molecule has 0 aliphatic carbocycles. The number of benzene rings is 2. The van der Waals surface area contributed by atoms with E-state index in [4.69, 9.17) is 5.73 Å². The van der Waals surface area contributed by atoms with Gasteiger partial charge in [0, 0.05) is 18.5 Å². The fraction of sp³-hybridized carbons (Fsp3) is 0.375. The van der Waals surface area contributed by atoms with Crippen LogP contribution in [0.3, 0.4) is 0 Å². The Hall–Kier alpha value is -1.43. The molecule has 2 aromatic carbocycles. The van der Waals surface area contributed by atoms with Gasteiger partial charge in [-0.2, -0.15) is 4.31 Å². The Balaban J connectivity index is 2.10. The Bertz CT molecular complexity index is 771. The van der Waals surface area contributed by atoms with Crippen LogP contribution in [0.25, 0.3) is 10.8 Å². The van der Waals surface area contributed by atoms with Crippen molar-refractivity contribution in [3.63, 3.8) is 0 Å². The number of fused-ring (bicyclic) bond motifs is 1. The van der Waals surface area contributed by atoms with Gasteiger partial charge in [0.25, 0.3) is 0 Å². The van der Waals surface area contributed by atoms with Crippen LogP contribution in [0.15, 0.2) is 41.3 Å². The number of nitrogens with two attached hydrogens (primary N) is 1. The monoisotopic (exact) mass is 304 g/mol. The summed E-state index contributed by atoms with van der Waals surface area (Å²) in [4.78, 5) is 0.404. The van der Waals surface area contributed by atoms with Crippen LogP contribution >= 0.6 is 0 Å². The second-order valence-electron chi connectivity index (χ2n) is 5.68. The second-order valence-corrected chi connectivity index (χ2v) is 7.59. The lowest BCUT2D eigenvalue weighted by Crippen LogP contribution is -2.30. The van der Waals surface area contributed by atoms with E-state index >= 15 is 0 Å². The Morgan fingerprint density at radius 2 is 1.90 bits per heavy atom. The summed E-state index contributed by atoms with van der Waals surface area (Å²) in [5, 5.41) is 1.79. The smallest absolute Gasteiger partial charge is 0.243 e. The highest BCUT2D eigenvalue weighted by Gasteiger charge is 2.32. The quantitative estimate of drug-likeness (QED) is 0.944. The van der Waals surface area contributed by atoms with Crippen LogP contribution in [0.2, 0.25) is 0 Å². The molecule has 5 heteroatoms. The maximum Gasteiger partial charge on any atom is 0.243 e. The van der Waals surface area contributed by atoms with Crippen LogP contribution in [0.5, 0.6) is 0 Å². The predicted octanol–water partition coefficient (Wildman–Crippen LogP) is 2.12. The molecule has 4 nitrogen and oxygen atoms in total. The van der Waals surface area contributed by atoms with Gasteiger partial charge in [-0.1, -0.05) is 30.3 Å². The molecule has 21 heavy (non-hydrogen) atoms. The highest BCUT2D eigenvalue weighted by Crippen LogP contribution is 2.30. The van der Waals surface area contributed by atoms with E-state index in [2.05, 4.69) is 0 Å². The Morgan fingerprint density at radius 1 is 1.19 bits per heavy atom. The maximum atomic E-state index is 12.9. The predicted molar refractivity (Wildman–Crippen MR) is 84.6 cm³/mol. The summed E-state index contributed by atoms with van der Waals surface area (Å²) < 4.78 is 27.4. The van der Waals surface area contributed by atoms with E-state index in [0.717, 1.165) is 22.8 Å². The highest BCUT2D eigenvalue weighted by atomic mass is 32.2. The largest absolute Gasteiger partial charge is 0.330 e. The van der Waals surface area contributed by atoms with E-state index in [1.165, 1.54) is 0 Å². The zero-order chi connectivity index (χ0) is 15.0. The number of hydrogen-bond donors (Lipinski definition) is 1. The average Bonchev–Trinajstić information content (AvgIpc) is 2.97. The third-order valence-electron chi connectivity index (χ3n) is 4.30. The molecule has 2 N–H and O–H groups in total. The van der Waals surface area contributed by atoms with Crippen molar-refractivity contribution < 1.29 is 8.42 Å². The summed E-state index contributed by atoms with van der Waals surface area (Å²) in [6, 6.07) is 11.3. The van der Waals surface area contributed by atoms with E-state index in [0.29, 0.717) is 24.5 Å². The minimum Gasteiger partial charge on any atom is -0.330 e. The van der Waals surface area contributed by atoms with Gasteiger partial charge in [-0.15, -0.1) is 0 Å². The number of sulfonamides is 1. The number of nitrogens with zero attached hydrogens (tertiary/aromatic N) is 1. The van der Waals surface area contributed by atoms with Crippen molar-refractivity contribution >= 4 is 20.8 Å². The van der Waals surface area contributed by atoms with Gasteiger partial charge < -0.3 is 5.73 Å². The Morgan fingerprint density at radius 3 is 2.57 bits per heavy atom. The molecule has 0 bridgehead atoms. The average molecular weight is 304 g/mol. The lowest BCUT2D eigenvalue weighted by molar-refractivity contribution is 0.460. The topological polar surface area (TPSA) is 63.4 Å². The van der Waals surface area contributed by atoms with E-state index < -0.39 is 10.0 Å². The molecule has 1 unspecified atom stereocenters. The normalized spacial score (nSPS) is 20.2. The first kappa shape index (κ1) is 14.5. The molecular weight excluding hydrogens is 284 g/mol. The molecule has 2 aromatic rings. The zero-order valence-electron chi connectivity index (χ0n) is 12.1.